The summed E-state index contributed by atoms with van der Waals surface area (Å²) in [6.07, 6.45) is 3.80. The third-order valence-corrected chi connectivity index (χ3v) is 14.5. The van der Waals surface area contributed by atoms with Gasteiger partial charge in [-0.05, 0) is 147 Å². The number of aliphatic hydroxyl groups is 1. The molecular weight excluding hydrogens is 925 g/mol. The van der Waals surface area contributed by atoms with Crippen molar-refractivity contribution >= 4 is 39.1 Å². The smallest absolute Gasteiger partial charge is 0.396 e. The fourth-order valence-corrected chi connectivity index (χ4v) is 10.2. The Bertz CT molecular complexity index is 1970. The van der Waals surface area contributed by atoms with E-state index >= 15 is 0 Å². The van der Waals surface area contributed by atoms with E-state index in [0.29, 0.717) is 42.4 Å². The van der Waals surface area contributed by atoms with Crippen LogP contribution in [-0.4, -0.2) is 67.4 Å². The van der Waals surface area contributed by atoms with Crippen LogP contribution in [0.3, 0.4) is 0 Å². The van der Waals surface area contributed by atoms with Crippen molar-refractivity contribution in [3.63, 3.8) is 0 Å². The Hall–Kier alpha value is -2.64. The minimum atomic E-state index is -4.30. The molecule has 0 radical (unpaired) electrons. The molecule has 63 heavy (non-hydrogen) atoms. The quantitative estimate of drug-likeness (QED) is 0.113. The molecule has 4 fully saturated rings. The zero-order chi connectivity index (χ0) is 45.1. The molecule has 0 bridgehead atoms. The van der Waals surface area contributed by atoms with E-state index in [9.17, 15) is 31.4 Å². The van der Waals surface area contributed by atoms with E-state index < -0.39 is 23.5 Å². The van der Waals surface area contributed by atoms with Gasteiger partial charge in [-0.2, -0.15) is 26.3 Å². The molecule has 2 aliphatic heterocycles. The molecule has 2 aliphatic carbocycles. The first-order valence-electron chi connectivity index (χ1n) is 22.1. The second-order valence-electron chi connectivity index (χ2n) is 18.0. The summed E-state index contributed by atoms with van der Waals surface area (Å²) >= 11 is 15.2. The Morgan fingerprint density at radius 2 is 1.00 bits per heavy atom. The molecule has 4 aliphatic rings. The maximum atomic E-state index is 12.7. The average Bonchev–Trinajstić information content (AvgIpc) is 3.24. The molecule has 4 nitrogen and oxygen atoms in total. The Labute approximate surface area is 387 Å². The monoisotopic (exact) mass is 982 g/mol. The van der Waals surface area contributed by atoms with E-state index in [0.717, 1.165) is 91.0 Å². The SMILES string of the molecule is FC(F)(F)c1ccc(CBr)cc1.FC(F)(F)c1ccc(COC[C@@H]2CCCN(CC3(c4ccc(Cl)cc4)CCC3)C2)cc1.OC[C@@H]1CCCN(CC2(c3ccc(Cl)cc3)CCC2)C1. The molecule has 344 valence electrons. The molecule has 0 amide bonds. The normalized spacial score (nSPS) is 21.2. The lowest BCUT2D eigenvalue weighted by atomic mass is 9.64. The van der Waals surface area contributed by atoms with E-state index in [4.69, 9.17) is 27.9 Å². The topological polar surface area (TPSA) is 35.9 Å². The van der Waals surface area contributed by atoms with Crippen molar-refractivity contribution in [1.29, 1.82) is 0 Å². The first-order chi connectivity index (χ1) is 30.1. The molecule has 1 N–H and O–H groups in total. The van der Waals surface area contributed by atoms with Crippen molar-refractivity contribution in [2.24, 2.45) is 11.8 Å². The van der Waals surface area contributed by atoms with E-state index in [1.165, 1.54) is 93.3 Å². The number of ether oxygens (including phenoxy) is 1. The maximum Gasteiger partial charge on any atom is 0.416 e. The van der Waals surface area contributed by atoms with Gasteiger partial charge in [0.05, 0.1) is 24.3 Å². The predicted molar refractivity (Wildman–Crippen MR) is 245 cm³/mol. The lowest BCUT2D eigenvalue weighted by Gasteiger charge is -2.47. The van der Waals surface area contributed by atoms with Gasteiger partial charge in [-0.3, -0.25) is 0 Å². The van der Waals surface area contributed by atoms with Gasteiger partial charge in [0, 0.05) is 59.0 Å². The number of aliphatic hydroxyl groups excluding tert-OH is 1. The van der Waals surface area contributed by atoms with Crippen molar-refractivity contribution in [3.8, 4) is 0 Å². The number of piperidine rings is 2. The third-order valence-electron chi connectivity index (χ3n) is 13.4. The van der Waals surface area contributed by atoms with E-state index in [2.05, 4.69) is 50.0 Å². The Morgan fingerprint density at radius 3 is 1.38 bits per heavy atom. The van der Waals surface area contributed by atoms with Crippen molar-refractivity contribution in [2.45, 2.75) is 99.3 Å². The van der Waals surface area contributed by atoms with Gasteiger partial charge in [0.2, 0.25) is 0 Å². The van der Waals surface area contributed by atoms with Gasteiger partial charge < -0.3 is 19.6 Å². The van der Waals surface area contributed by atoms with Crippen LogP contribution in [0.15, 0.2) is 97.1 Å². The number of rotatable bonds is 12. The summed E-state index contributed by atoms with van der Waals surface area (Å²) in [5.41, 5.74) is 3.80. The summed E-state index contributed by atoms with van der Waals surface area (Å²) < 4.78 is 80.0. The lowest BCUT2D eigenvalue weighted by Crippen LogP contribution is -2.49. The fourth-order valence-electron chi connectivity index (χ4n) is 9.54. The van der Waals surface area contributed by atoms with Gasteiger partial charge in [0.25, 0.3) is 0 Å². The summed E-state index contributed by atoms with van der Waals surface area (Å²) in [5, 5.41) is 11.6. The molecule has 0 spiro atoms. The number of hydrogen-bond donors (Lipinski definition) is 1. The van der Waals surface area contributed by atoms with Gasteiger partial charge in [-0.15, -0.1) is 0 Å². The highest BCUT2D eigenvalue weighted by atomic mass is 79.9. The molecule has 4 aromatic rings. The molecule has 2 heterocycles. The zero-order valence-electron chi connectivity index (χ0n) is 35.7. The van der Waals surface area contributed by atoms with Crippen molar-refractivity contribution in [3.05, 3.63) is 140 Å². The molecule has 0 unspecified atom stereocenters. The number of alkyl halides is 7. The van der Waals surface area contributed by atoms with Crippen LogP contribution in [0.5, 0.6) is 0 Å². The van der Waals surface area contributed by atoms with E-state index in [-0.39, 0.29) is 5.41 Å². The van der Waals surface area contributed by atoms with Crippen LogP contribution in [0.2, 0.25) is 10.0 Å². The summed E-state index contributed by atoms with van der Waals surface area (Å²) in [6, 6.07) is 27.1. The van der Waals surface area contributed by atoms with E-state index in [1.807, 2.05) is 24.3 Å². The van der Waals surface area contributed by atoms with Crippen molar-refractivity contribution < 1.29 is 36.2 Å². The summed E-state index contributed by atoms with van der Waals surface area (Å²) in [4.78, 5) is 5.14. The number of nitrogens with zero attached hydrogens (tertiary/aromatic N) is 2. The minimum Gasteiger partial charge on any atom is -0.396 e. The molecular formula is C50H59BrCl2F6N2O2. The summed E-state index contributed by atoms with van der Waals surface area (Å²) in [7, 11) is 0. The molecule has 4 aromatic carbocycles. The lowest BCUT2D eigenvalue weighted by molar-refractivity contribution is -0.138. The molecule has 13 heteroatoms. The zero-order valence-corrected chi connectivity index (χ0v) is 38.8. The van der Waals surface area contributed by atoms with Crippen LogP contribution in [0.1, 0.15) is 97.6 Å². The number of hydrogen-bond acceptors (Lipinski definition) is 4. The van der Waals surface area contributed by atoms with Crippen LogP contribution >= 0.6 is 39.1 Å². The Balaban J connectivity index is 0.000000176. The summed E-state index contributed by atoms with van der Waals surface area (Å²) in [5.74, 6) is 0.941. The van der Waals surface area contributed by atoms with Crippen LogP contribution in [0.4, 0.5) is 26.3 Å². The highest BCUT2D eigenvalue weighted by molar-refractivity contribution is 9.08. The Morgan fingerprint density at radius 1 is 0.587 bits per heavy atom. The molecule has 2 saturated heterocycles. The molecule has 0 aromatic heterocycles. The van der Waals surface area contributed by atoms with Gasteiger partial charge in [-0.25, -0.2) is 0 Å². The molecule has 8 rings (SSSR count). The first-order valence-corrected chi connectivity index (χ1v) is 24.0. The molecule has 2 saturated carbocycles. The standard InChI is InChI=1S/C25H29ClF3NO.C17H24ClNO.C8H6BrF3/c26-23-10-8-21(9-11-23)24(12-2-13-24)18-30-14-1-3-20(15-30)17-31-16-19-4-6-22(7-5-19)25(27,28)29;18-16-6-4-15(5-7-16)17(8-2-9-17)13-19-10-1-3-14(11-19)12-20;9-5-6-1-3-7(4-2-6)8(10,11)12/h4-11,20H,1-3,12-18H2;4-7,14,20H,1-3,8-13H2;1-4H,5H2/t20-;14-;/m11./s1. The van der Waals surface area contributed by atoms with E-state index in [1.54, 1.807) is 0 Å². The van der Waals surface area contributed by atoms with Crippen LogP contribution in [-0.2, 0) is 39.9 Å². The minimum absolute atomic E-state index is 0.244. The van der Waals surface area contributed by atoms with Crippen LogP contribution in [0, 0.1) is 11.8 Å². The van der Waals surface area contributed by atoms with Crippen molar-refractivity contribution in [1.82, 2.24) is 9.80 Å². The van der Waals surface area contributed by atoms with Crippen LogP contribution < -0.4 is 0 Å². The number of benzene rings is 4. The number of likely N-dealkylation sites (tertiary alicyclic amines) is 2. The third kappa shape index (κ3) is 14.2. The van der Waals surface area contributed by atoms with Gasteiger partial charge >= 0.3 is 12.4 Å². The summed E-state index contributed by atoms with van der Waals surface area (Å²) in [6.45, 7) is 7.93. The van der Waals surface area contributed by atoms with Crippen molar-refractivity contribution in [2.75, 3.05) is 52.5 Å². The van der Waals surface area contributed by atoms with Crippen LogP contribution in [0.25, 0.3) is 0 Å². The van der Waals surface area contributed by atoms with Gasteiger partial charge in [-0.1, -0.05) is 101 Å². The second kappa shape index (κ2) is 22.7. The fraction of sp³-hybridized carbons (Fsp3) is 0.520. The molecule has 2 atom stereocenters. The highest BCUT2D eigenvalue weighted by Gasteiger charge is 2.42. The largest absolute Gasteiger partial charge is 0.416 e. The second-order valence-corrected chi connectivity index (χ2v) is 19.4. The van der Waals surface area contributed by atoms with Gasteiger partial charge in [0.1, 0.15) is 0 Å². The maximum absolute atomic E-state index is 12.7. The van der Waals surface area contributed by atoms with Gasteiger partial charge in [0.15, 0.2) is 0 Å². The Kier molecular flexibility index (Phi) is 17.9. The predicted octanol–water partition coefficient (Wildman–Crippen LogP) is 13.8. The average molecular weight is 985 g/mol. The number of halogens is 9. The first kappa shape index (κ1) is 49.8. The highest BCUT2D eigenvalue weighted by Crippen LogP contribution is 2.46.